The van der Waals surface area contributed by atoms with Crippen molar-refractivity contribution in [2.45, 2.75) is 32.7 Å². The number of carboxylic acid groups (broad SMARTS) is 1. The number of aromatic carboxylic acids is 1. The molecule has 6 nitrogen and oxygen atoms in total. The highest BCUT2D eigenvalue weighted by Gasteiger charge is 2.32. The molecule has 1 amide bonds. The smallest absolute Gasteiger partial charge is 0.354 e. The van der Waals surface area contributed by atoms with E-state index in [-0.39, 0.29) is 17.4 Å². The van der Waals surface area contributed by atoms with E-state index < -0.39 is 11.9 Å². The van der Waals surface area contributed by atoms with Gasteiger partial charge < -0.3 is 15.4 Å². The number of carboxylic acids is 1. The normalized spacial score (nSPS) is 27.1. The monoisotopic (exact) mass is 251 g/mol. The van der Waals surface area contributed by atoms with Crippen molar-refractivity contribution in [3.63, 3.8) is 0 Å². The van der Waals surface area contributed by atoms with Crippen LogP contribution in [0.1, 0.15) is 47.7 Å². The average Bonchev–Trinajstić information content (AvgIpc) is 2.91. The lowest BCUT2D eigenvalue weighted by molar-refractivity contribution is 0.0684. The van der Waals surface area contributed by atoms with Gasteiger partial charge >= 0.3 is 5.97 Å². The number of nitrogens with one attached hydrogen (secondary N) is 2. The molecule has 0 bridgehead atoms. The van der Waals surface area contributed by atoms with E-state index in [1.807, 2.05) is 0 Å². The Morgan fingerprint density at radius 3 is 2.72 bits per heavy atom. The van der Waals surface area contributed by atoms with E-state index in [0.29, 0.717) is 11.8 Å². The van der Waals surface area contributed by atoms with E-state index in [0.717, 1.165) is 12.8 Å². The van der Waals surface area contributed by atoms with E-state index in [2.05, 4.69) is 29.1 Å². The van der Waals surface area contributed by atoms with Gasteiger partial charge in [0.1, 0.15) is 0 Å². The molecule has 2 rings (SSSR count). The molecule has 1 aliphatic carbocycles. The van der Waals surface area contributed by atoms with E-state index >= 15 is 0 Å². The van der Waals surface area contributed by atoms with Crippen molar-refractivity contribution in [2.24, 2.45) is 11.8 Å². The first-order chi connectivity index (χ1) is 8.50. The highest BCUT2D eigenvalue weighted by atomic mass is 16.4. The number of H-pyrrole nitrogens is 1. The van der Waals surface area contributed by atoms with Gasteiger partial charge in [-0.15, -0.1) is 0 Å². The summed E-state index contributed by atoms with van der Waals surface area (Å²) in [5.74, 6) is -0.611. The van der Waals surface area contributed by atoms with Crippen LogP contribution < -0.4 is 5.32 Å². The number of aromatic amines is 1. The molecule has 0 saturated heterocycles. The largest absolute Gasteiger partial charge is 0.477 e. The number of hydrogen-bond acceptors (Lipinski definition) is 3. The molecule has 18 heavy (non-hydrogen) atoms. The maximum atomic E-state index is 12.0. The molecule has 3 atom stereocenters. The van der Waals surface area contributed by atoms with Crippen molar-refractivity contribution in [1.82, 2.24) is 15.3 Å². The van der Waals surface area contributed by atoms with Gasteiger partial charge in [-0.1, -0.05) is 13.8 Å². The predicted octanol–water partition coefficient (Wildman–Crippen LogP) is 1.27. The van der Waals surface area contributed by atoms with E-state index in [4.69, 9.17) is 5.11 Å². The maximum Gasteiger partial charge on any atom is 0.354 e. The average molecular weight is 251 g/mol. The van der Waals surface area contributed by atoms with Crippen LogP contribution in [-0.4, -0.2) is 33.0 Å². The minimum absolute atomic E-state index is 0.0470. The zero-order valence-corrected chi connectivity index (χ0v) is 10.4. The summed E-state index contributed by atoms with van der Waals surface area (Å²) in [5.41, 5.74) is -0.208. The lowest BCUT2D eigenvalue weighted by Crippen LogP contribution is -2.38. The first-order valence-corrected chi connectivity index (χ1v) is 6.08. The lowest BCUT2D eigenvalue weighted by Gasteiger charge is -2.19. The van der Waals surface area contributed by atoms with Gasteiger partial charge in [0.25, 0.3) is 5.91 Å². The van der Waals surface area contributed by atoms with Gasteiger partial charge in [0.2, 0.25) is 0 Å². The second-order valence-electron chi connectivity index (χ2n) is 4.93. The van der Waals surface area contributed by atoms with Crippen LogP contribution in [0.15, 0.2) is 6.33 Å². The first-order valence-electron chi connectivity index (χ1n) is 6.08. The van der Waals surface area contributed by atoms with E-state index in [1.54, 1.807) is 0 Å². The van der Waals surface area contributed by atoms with Gasteiger partial charge in [0.15, 0.2) is 11.4 Å². The molecule has 1 aromatic rings. The number of carbonyl (C=O) groups excluding carboxylic acids is 1. The van der Waals surface area contributed by atoms with Crippen LogP contribution in [-0.2, 0) is 0 Å². The third kappa shape index (κ3) is 2.23. The van der Waals surface area contributed by atoms with Crippen molar-refractivity contribution >= 4 is 11.9 Å². The quantitative estimate of drug-likeness (QED) is 0.754. The number of carbonyl (C=O) groups is 2. The SMILES string of the molecule is CC1CCC(NC(=O)c2nc[nH]c2C(=O)O)C1C. The van der Waals surface area contributed by atoms with Crippen molar-refractivity contribution in [1.29, 1.82) is 0 Å². The molecule has 0 aromatic carbocycles. The van der Waals surface area contributed by atoms with E-state index in [1.165, 1.54) is 6.33 Å². The molecule has 98 valence electrons. The molecule has 0 aliphatic heterocycles. The third-order valence-electron chi connectivity index (χ3n) is 3.85. The van der Waals surface area contributed by atoms with Gasteiger partial charge in [-0.2, -0.15) is 0 Å². The molecule has 0 spiro atoms. The Bertz CT molecular complexity index is 469. The van der Waals surface area contributed by atoms with Crippen LogP contribution >= 0.6 is 0 Å². The number of aromatic nitrogens is 2. The number of nitrogens with zero attached hydrogens (tertiary/aromatic N) is 1. The number of amides is 1. The highest BCUT2D eigenvalue weighted by molar-refractivity contribution is 6.02. The molecule has 1 aromatic heterocycles. The molecule has 3 unspecified atom stereocenters. The number of hydrogen-bond donors (Lipinski definition) is 3. The van der Waals surface area contributed by atoms with Crippen LogP contribution in [0.3, 0.4) is 0 Å². The van der Waals surface area contributed by atoms with E-state index in [9.17, 15) is 9.59 Å². The Morgan fingerprint density at radius 1 is 1.44 bits per heavy atom. The lowest BCUT2D eigenvalue weighted by atomic mass is 9.98. The molecule has 1 fully saturated rings. The van der Waals surface area contributed by atoms with Crippen LogP contribution in [0.25, 0.3) is 0 Å². The summed E-state index contributed by atoms with van der Waals surface area (Å²) < 4.78 is 0. The number of rotatable bonds is 3. The standard InChI is InChI=1S/C12H17N3O3/c1-6-3-4-8(7(6)2)15-11(16)9-10(12(17)18)14-5-13-9/h5-8H,3-4H2,1-2H3,(H,13,14)(H,15,16)(H,17,18). The first kappa shape index (κ1) is 12.6. The summed E-state index contributed by atoms with van der Waals surface area (Å²) in [4.78, 5) is 29.1. The summed E-state index contributed by atoms with van der Waals surface area (Å²) in [6.45, 7) is 4.26. The summed E-state index contributed by atoms with van der Waals surface area (Å²) in [6, 6.07) is 0.103. The van der Waals surface area contributed by atoms with Crippen molar-refractivity contribution in [3.8, 4) is 0 Å². The van der Waals surface area contributed by atoms with Crippen molar-refractivity contribution < 1.29 is 14.7 Å². The molecule has 1 saturated carbocycles. The molecular formula is C12H17N3O3. The molecule has 1 heterocycles. The molecule has 6 heteroatoms. The zero-order valence-electron chi connectivity index (χ0n) is 10.4. The number of imidazole rings is 1. The summed E-state index contributed by atoms with van der Waals surface area (Å²) in [5, 5.41) is 11.8. The van der Waals surface area contributed by atoms with Gasteiger partial charge in [0, 0.05) is 6.04 Å². The van der Waals surface area contributed by atoms with Crippen LogP contribution in [0, 0.1) is 11.8 Å². The van der Waals surface area contributed by atoms with Gasteiger partial charge in [-0.05, 0) is 24.7 Å². The topological polar surface area (TPSA) is 95.1 Å². The highest BCUT2D eigenvalue weighted by Crippen LogP contribution is 2.31. The fourth-order valence-corrected chi connectivity index (χ4v) is 2.43. The Morgan fingerprint density at radius 2 is 2.17 bits per heavy atom. The molecular weight excluding hydrogens is 234 g/mol. The molecule has 1 aliphatic rings. The maximum absolute atomic E-state index is 12.0. The molecule has 0 radical (unpaired) electrons. The summed E-state index contributed by atoms with van der Waals surface area (Å²) in [7, 11) is 0. The Hall–Kier alpha value is -1.85. The Labute approximate surface area is 105 Å². The van der Waals surface area contributed by atoms with Crippen molar-refractivity contribution in [2.75, 3.05) is 0 Å². The fraction of sp³-hybridized carbons (Fsp3) is 0.583. The fourth-order valence-electron chi connectivity index (χ4n) is 2.43. The summed E-state index contributed by atoms with van der Waals surface area (Å²) in [6.07, 6.45) is 3.23. The second-order valence-corrected chi connectivity index (χ2v) is 4.93. The van der Waals surface area contributed by atoms with Crippen LogP contribution in [0.4, 0.5) is 0 Å². The zero-order chi connectivity index (χ0) is 13.3. The minimum Gasteiger partial charge on any atom is -0.477 e. The van der Waals surface area contributed by atoms with Crippen LogP contribution in [0.2, 0.25) is 0 Å². The van der Waals surface area contributed by atoms with Crippen LogP contribution in [0.5, 0.6) is 0 Å². The third-order valence-corrected chi connectivity index (χ3v) is 3.85. The Balaban J connectivity index is 2.08. The van der Waals surface area contributed by atoms with Gasteiger partial charge in [-0.25, -0.2) is 9.78 Å². The second kappa shape index (κ2) is 4.80. The minimum atomic E-state index is -1.18. The van der Waals surface area contributed by atoms with Crippen molar-refractivity contribution in [3.05, 3.63) is 17.7 Å². The summed E-state index contributed by atoms with van der Waals surface area (Å²) >= 11 is 0. The van der Waals surface area contributed by atoms with Gasteiger partial charge in [-0.3, -0.25) is 4.79 Å². The van der Waals surface area contributed by atoms with Gasteiger partial charge in [0.05, 0.1) is 6.33 Å². The molecule has 3 N–H and O–H groups in total. The predicted molar refractivity (Wildman–Crippen MR) is 64.4 cm³/mol. The Kier molecular flexibility index (Phi) is 3.36.